The van der Waals surface area contributed by atoms with Gasteiger partial charge in [0.15, 0.2) is 0 Å². The average Bonchev–Trinajstić information content (AvgIpc) is 3.27. The largest absolute Gasteiger partial charge is 0.309 e. The van der Waals surface area contributed by atoms with Gasteiger partial charge in [-0.15, -0.1) is 0 Å². The standard InChI is InChI=1S/C32H18FN3/c33-32-25(20-35)15-21(19-34)16-28(32)24-11-13-27-29-17-23(22-7-3-1-4-8-22)12-14-30(29)36(31(27)18-24)26-9-5-2-6-10-26/h1-18H. The Bertz CT molecular complexity index is 1850. The number of aromatic nitrogens is 1. The molecule has 0 amide bonds. The zero-order chi connectivity index (χ0) is 24.6. The molecule has 1 aromatic heterocycles. The molecule has 0 N–H and O–H groups in total. The molecule has 0 radical (unpaired) electrons. The third-order valence-corrected chi connectivity index (χ3v) is 6.52. The molecule has 4 heteroatoms. The number of rotatable bonds is 3. The number of para-hydroxylation sites is 1. The van der Waals surface area contributed by atoms with Crippen LogP contribution in [0.3, 0.4) is 0 Å². The van der Waals surface area contributed by atoms with Gasteiger partial charge in [-0.2, -0.15) is 10.5 Å². The van der Waals surface area contributed by atoms with Crippen molar-refractivity contribution in [3.63, 3.8) is 0 Å². The summed E-state index contributed by atoms with van der Waals surface area (Å²) in [4.78, 5) is 0. The van der Waals surface area contributed by atoms with Gasteiger partial charge in [0.25, 0.3) is 0 Å². The van der Waals surface area contributed by atoms with Crippen LogP contribution >= 0.6 is 0 Å². The fourth-order valence-corrected chi connectivity index (χ4v) is 4.83. The first-order chi connectivity index (χ1) is 17.7. The summed E-state index contributed by atoms with van der Waals surface area (Å²) in [5.74, 6) is -0.621. The van der Waals surface area contributed by atoms with Crippen molar-refractivity contribution < 1.29 is 4.39 Å². The molecule has 0 aliphatic carbocycles. The van der Waals surface area contributed by atoms with E-state index in [9.17, 15) is 10.5 Å². The van der Waals surface area contributed by atoms with Crippen LogP contribution in [0.2, 0.25) is 0 Å². The molecule has 0 spiro atoms. The molecular weight excluding hydrogens is 445 g/mol. The highest BCUT2D eigenvalue weighted by Gasteiger charge is 2.17. The minimum absolute atomic E-state index is 0.139. The fourth-order valence-electron chi connectivity index (χ4n) is 4.83. The lowest BCUT2D eigenvalue weighted by Crippen LogP contribution is -1.95. The van der Waals surface area contributed by atoms with E-state index in [0.29, 0.717) is 5.56 Å². The van der Waals surface area contributed by atoms with Crippen molar-refractivity contribution in [2.75, 3.05) is 0 Å². The molecule has 5 aromatic carbocycles. The van der Waals surface area contributed by atoms with Gasteiger partial charge in [-0.25, -0.2) is 4.39 Å². The van der Waals surface area contributed by atoms with Crippen LogP contribution in [0.4, 0.5) is 4.39 Å². The highest BCUT2D eigenvalue weighted by atomic mass is 19.1. The van der Waals surface area contributed by atoms with E-state index >= 15 is 4.39 Å². The van der Waals surface area contributed by atoms with Gasteiger partial charge >= 0.3 is 0 Å². The van der Waals surface area contributed by atoms with E-state index in [1.165, 1.54) is 12.1 Å². The third-order valence-electron chi connectivity index (χ3n) is 6.52. The summed E-state index contributed by atoms with van der Waals surface area (Å²) < 4.78 is 17.4. The summed E-state index contributed by atoms with van der Waals surface area (Å²) in [5.41, 5.74) is 6.16. The topological polar surface area (TPSA) is 52.5 Å². The Morgan fingerprint density at radius 1 is 0.583 bits per heavy atom. The number of nitriles is 2. The Balaban J connectivity index is 1.66. The van der Waals surface area contributed by atoms with Crippen LogP contribution in [0.15, 0.2) is 109 Å². The second-order valence-electron chi connectivity index (χ2n) is 8.61. The highest BCUT2D eigenvalue weighted by Crippen LogP contribution is 2.37. The van der Waals surface area contributed by atoms with Crippen LogP contribution in [-0.2, 0) is 0 Å². The first-order valence-electron chi connectivity index (χ1n) is 11.5. The third kappa shape index (κ3) is 3.41. The molecule has 6 rings (SSSR count). The molecule has 0 aliphatic heterocycles. The number of hydrogen-bond donors (Lipinski definition) is 0. The van der Waals surface area contributed by atoms with Crippen LogP contribution in [0.1, 0.15) is 11.1 Å². The lowest BCUT2D eigenvalue weighted by Gasteiger charge is -2.10. The maximum absolute atomic E-state index is 15.2. The highest BCUT2D eigenvalue weighted by molar-refractivity contribution is 6.11. The van der Waals surface area contributed by atoms with Crippen LogP contribution < -0.4 is 0 Å². The summed E-state index contributed by atoms with van der Waals surface area (Å²) in [7, 11) is 0. The van der Waals surface area contributed by atoms with Crippen molar-refractivity contribution in [1.82, 2.24) is 4.57 Å². The number of halogens is 1. The van der Waals surface area contributed by atoms with Gasteiger partial charge in [-0.05, 0) is 59.2 Å². The lowest BCUT2D eigenvalue weighted by atomic mass is 9.98. The SMILES string of the molecule is N#Cc1cc(C#N)c(F)c(-c2ccc3c4cc(-c5ccccc5)ccc4n(-c4ccccc4)c3c2)c1. The molecule has 3 nitrogen and oxygen atoms in total. The fraction of sp³-hybridized carbons (Fsp3) is 0. The Morgan fingerprint density at radius 3 is 2.03 bits per heavy atom. The number of nitrogens with zero attached hydrogens (tertiary/aromatic N) is 3. The number of hydrogen-bond acceptors (Lipinski definition) is 2. The molecule has 0 bridgehead atoms. The monoisotopic (exact) mass is 463 g/mol. The van der Waals surface area contributed by atoms with Crippen LogP contribution in [-0.4, -0.2) is 4.57 Å². The van der Waals surface area contributed by atoms with Crippen LogP contribution in [0.25, 0.3) is 49.7 Å². The van der Waals surface area contributed by atoms with Gasteiger partial charge < -0.3 is 4.57 Å². The van der Waals surface area contributed by atoms with Gasteiger partial charge in [0.2, 0.25) is 0 Å². The predicted molar refractivity (Wildman–Crippen MR) is 141 cm³/mol. The Kier molecular flexibility index (Phi) is 5.07. The van der Waals surface area contributed by atoms with E-state index < -0.39 is 5.82 Å². The molecule has 0 atom stereocenters. The summed E-state index contributed by atoms with van der Waals surface area (Å²) in [6.07, 6.45) is 0. The Hall–Kier alpha value is -5.19. The quantitative estimate of drug-likeness (QED) is 0.267. The molecule has 6 aromatic rings. The van der Waals surface area contributed by atoms with E-state index in [2.05, 4.69) is 34.9 Å². The Morgan fingerprint density at radius 2 is 1.31 bits per heavy atom. The summed E-state index contributed by atoms with van der Waals surface area (Å²) >= 11 is 0. The van der Waals surface area contributed by atoms with E-state index in [-0.39, 0.29) is 16.7 Å². The predicted octanol–water partition coefficient (Wildman–Crippen LogP) is 8.00. The van der Waals surface area contributed by atoms with Crippen LogP contribution in [0, 0.1) is 28.5 Å². The van der Waals surface area contributed by atoms with Gasteiger partial charge in [0, 0.05) is 22.0 Å². The Labute approximate surface area is 207 Å². The average molecular weight is 464 g/mol. The smallest absolute Gasteiger partial charge is 0.148 e. The molecule has 0 fully saturated rings. The van der Waals surface area contributed by atoms with Crippen molar-refractivity contribution in [2.45, 2.75) is 0 Å². The van der Waals surface area contributed by atoms with Crippen molar-refractivity contribution in [3.8, 4) is 40.1 Å². The first-order valence-corrected chi connectivity index (χ1v) is 11.5. The molecule has 0 saturated carbocycles. The normalized spacial score (nSPS) is 10.9. The number of benzene rings is 5. The lowest BCUT2D eigenvalue weighted by molar-refractivity contribution is 0.627. The van der Waals surface area contributed by atoms with E-state index in [1.807, 2.05) is 78.9 Å². The molecule has 168 valence electrons. The van der Waals surface area contributed by atoms with Crippen molar-refractivity contribution in [3.05, 3.63) is 126 Å². The van der Waals surface area contributed by atoms with Gasteiger partial charge in [-0.3, -0.25) is 0 Å². The second-order valence-corrected chi connectivity index (χ2v) is 8.61. The zero-order valence-electron chi connectivity index (χ0n) is 19.1. The molecule has 1 heterocycles. The van der Waals surface area contributed by atoms with E-state index in [1.54, 1.807) is 0 Å². The number of fused-ring (bicyclic) bond motifs is 3. The molecule has 0 saturated heterocycles. The maximum Gasteiger partial charge on any atom is 0.148 e. The second kappa shape index (κ2) is 8.55. The minimum Gasteiger partial charge on any atom is -0.309 e. The molecule has 0 unspecified atom stereocenters. The maximum atomic E-state index is 15.2. The summed E-state index contributed by atoms with van der Waals surface area (Å²) in [6, 6.07) is 39.2. The van der Waals surface area contributed by atoms with Gasteiger partial charge in [-0.1, -0.05) is 66.7 Å². The van der Waals surface area contributed by atoms with E-state index in [0.717, 1.165) is 38.6 Å². The first kappa shape index (κ1) is 21.4. The summed E-state index contributed by atoms with van der Waals surface area (Å²) in [6.45, 7) is 0. The van der Waals surface area contributed by atoms with Gasteiger partial charge in [0.05, 0.1) is 28.2 Å². The van der Waals surface area contributed by atoms with E-state index in [4.69, 9.17) is 0 Å². The molecular formula is C32H18FN3. The van der Waals surface area contributed by atoms with Crippen molar-refractivity contribution >= 4 is 21.8 Å². The van der Waals surface area contributed by atoms with Crippen LogP contribution in [0.5, 0.6) is 0 Å². The minimum atomic E-state index is -0.621. The molecule has 36 heavy (non-hydrogen) atoms. The molecule has 0 aliphatic rings. The zero-order valence-corrected chi connectivity index (χ0v) is 19.1. The van der Waals surface area contributed by atoms with Crippen molar-refractivity contribution in [1.29, 1.82) is 10.5 Å². The summed E-state index contributed by atoms with van der Waals surface area (Å²) in [5, 5.41) is 20.9. The van der Waals surface area contributed by atoms with Gasteiger partial charge in [0.1, 0.15) is 11.9 Å². The van der Waals surface area contributed by atoms with Crippen molar-refractivity contribution in [2.24, 2.45) is 0 Å².